The summed E-state index contributed by atoms with van der Waals surface area (Å²) in [5.74, 6) is -0.0617. The summed E-state index contributed by atoms with van der Waals surface area (Å²) in [4.78, 5) is 20.8. The number of carboxylic acids is 1. The molecule has 1 aromatic heterocycles. The van der Waals surface area contributed by atoms with Crippen molar-refractivity contribution in [3.8, 4) is 11.3 Å². The smallest absolute Gasteiger partial charge is 0.319 e. The van der Waals surface area contributed by atoms with E-state index in [1.54, 1.807) is 20.2 Å². The maximum absolute atomic E-state index is 11.3. The van der Waals surface area contributed by atoms with Gasteiger partial charge in [-0.05, 0) is 44.5 Å². The van der Waals surface area contributed by atoms with Crippen molar-refractivity contribution in [1.29, 1.82) is 0 Å². The molecule has 144 valence electrons. The Balaban J connectivity index is 1.64. The second kappa shape index (κ2) is 8.44. The highest BCUT2D eigenvalue weighted by Gasteiger charge is 2.28. The monoisotopic (exact) mass is 393 g/mol. The maximum Gasteiger partial charge on any atom is 0.319 e. The quantitative estimate of drug-likeness (QED) is 0.549. The minimum atomic E-state index is -0.854. The van der Waals surface area contributed by atoms with Crippen LogP contribution in [0.25, 0.3) is 11.3 Å². The molecule has 0 amide bonds. The van der Waals surface area contributed by atoms with E-state index >= 15 is 0 Å². The van der Waals surface area contributed by atoms with Crippen LogP contribution in [0.3, 0.4) is 0 Å². The Labute approximate surface area is 169 Å². The van der Waals surface area contributed by atoms with Gasteiger partial charge >= 0.3 is 5.97 Å². The van der Waals surface area contributed by atoms with Crippen molar-refractivity contribution in [2.24, 2.45) is 0 Å². The number of aliphatic carboxylic acids is 1. The van der Waals surface area contributed by atoms with E-state index in [1.165, 1.54) is 17.3 Å². The molecule has 0 aliphatic heterocycles. The molecule has 3 aromatic rings. The summed E-state index contributed by atoms with van der Waals surface area (Å²) in [6, 6.07) is 18.0. The molecule has 0 unspecified atom stereocenters. The lowest BCUT2D eigenvalue weighted by Crippen LogP contribution is -2.26. The van der Waals surface area contributed by atoms with Gasteiger partial charge in [0, 0.05) is 23.1 Å². The molecular weight excluding hydrogens is 370 g/mol. The van der Waals surface area contributed by atoms with E-state index in [0.29, 0.717) is 6.54 Å². The van der Waals surface area contributed by atoms with Gasteiger partial charge in [-0.2, -0.15) is 0 Å². The summed E-state index contributed by atoms with van der Waals surface area (Å²) < 4.78 is -0.854. The van der Waals surface area contributed by atoms with Gasteiger partial charge < -0.3 is 10.4 Å². The molecule has 0 spiro atoms. The van der Waals surface area contributed by atoms with Crippen LogP contribution in [0.1, 0.15) is 25.0 Å². The molecule has 1 heterocycles. The minimum Gasteiger partial charge on any atom is -0.480 e. The number of nitrogens with zero attached hydrogens (tertiary/aromatic N) is 2. The normalized spacial score (nSPS) is 11.2. The Hall–Kier alpha value is -2.86. The van der Waals surface area contributed by atoms with Crippen LogP contribution in [0.15, 0.2) is 65.8 Å². The van der Waals surface area contributed by atoms with Crippen LogP contribution in [0.4, 0.5) is 5.82 Å². The van der Waals surface area contributed by atoms with Crippen LogP contribution in [-0.2, 0) is 11.3 Å². The van der Waals surface area contributed by atoms with E-state index in [9.17, 15) is 9.90 Å². The van der Waals surface area contributed by atoms with E-state index < -0.39 is 10.7 Å². The lowest BCUT2D eigenvalue weighted by Gasteiger charge is -2.18. The Morgan fingerprint density at radius 2 is 1.86 bits per heavy atom. The highest BCUT2D eigenvalue weighted by molar-refractivity contribution is 8.01. The topological polar surface area (TPSA) is 75.1 Å². The Bertz CT molecular complexity index is 972. The minimum absolute atomic E-state index is 0.623. The molecule has 0 saturated heterocycles. The molecular formula is C22H23N3O2S. The summed E-state index contributed by atoms with van der Waals surface area (Å²) in [7, 11) is 0. The number of anilines is 1. The summed E-state index contributed by atoms with van der Waals surface area (Å²) in [6.07, 6.45) is 1.56. The largest absolute Gasteiger partial charge is 0.480 e. The van der Waals surface area contributed by atoms with E-state index in [2.05, 4.69) is 34.3 Å². The van der Waals surface area contributed by atoms with E-state index in [1.807, 2.05) is 42.5 Å². The fourth-order valence-corrected chi connectivity index (χ4v) is 3.57. The highest BCUT2D eigenvalue weighted by Crippen LogP contribution is 2.32. The molecule has 0 bridgehead atoms. The first-order valence-corrected chi connectivity index (χ1v) is 9.79. The van der Waals surface area contributed by atoms with Gasteiger partial charge in [0.25, 0.3) is 0 Å². The molecule has 2 N–H and O–H groups in total. The van der Waals surface area contributed by atoms with Gasteiger partial charge in [-0.3, -0.25) is 4.79 Å². The first-order valence-electron chi connectivity index (χ1n) is 8.98. The fourth-order valence-electron chi connectivity index (χ4n) is 2.62. The molecule has 0 radical (unpaired) electrons. The van der Waals surface area contributed by atoms with Gasteiger partial charge in [0.15, 0.2) is 0 Å². The van der Waals surface area contributed by atoms with Crippen molar-refractivity contribution >= 4 is 23.5 Å². The second-order valence-electron chi connectivity index (χ2n) is 7.07. The maximum atomic E-state index is 11.3. The predicted molar refractivity (Wildman–Crippen MR) is 114 cm³/mol. The zero-order valence-corrected chi connectivity index (χ0v) is 17.0. The molecule has 0 saturated carbocycles. The number of hydrogen-bond donors (Lipinski definition) is 2. The molecule has 0 aliphatic rings. The molecule has 3 rings (SSSR count). The van der Waals surface area contributed by atoms with Crippen molar-refractivity contribution < 1.29 is 9.90 Å². The molecule has 0 fully saturated rings. The third-order valence-corrected chi connectivity index (χ3v) is 5.46. The van der Waals surface area contributed by atoms with E-state index in [-0.39, 0.29) is 0 Å². The number of aromatic nitrogens is 2. The number of carbonyl (C=O) groups is 1. The average Bonchev–Trinajstić information content (AvgIpc) is 2.67. The summed E-state index contributed by atoms with van der Waals surface area (Å²) in [5, 5.41) is 12.6. The first-order chi connectivity index (χ1) is 13.3. The molecule has 0 aliphatic carbocycles. The van der Waals surface area contributed by atoms with Gasteiger partial charge in [0.05, 0.1) is 5.69 Å². The van der Waals surface area contributed by atoms with Gasteiger partial charge in [0.2, 0.25) is 0 Å². The van der Waals surface area contributed by atoms with E-state index in [4.69, 9.17) is 0 Å². The number of rotatable bonds is 7. The second-order valence-corrected chi connectivity index (χ2v) is 8.77. The Kier molecular flexibility index (Phi) is 5.99. The Morgan fingerprint density at radius 3 is 2.54 bits per heavy atom. The van der Waals surface area contributed by atoms with Crippen molar-refractivity contribution in [2.75, 3.05) is 5.32 Å². The summed E-state index contributed by atoms with van der Waals surface area (Å²) in [5.41, 5.74) is 4.22. The number of benzene rings is 2. The summed E-state index contributed by atoms with van der Waals surface area (Å²) >= 11 is 1.34. The summed E-state index contributed by atoms with van der Waals surface area (Å²) in [6.45, 7) is 6.09. The predicted octanol–water partition coefficient (Wildman–Crippen LogP) is 5.02. The molecule has 28 heavy (non-hydrogen) atoms. The first kappa shape index (κ1) is 19.9. The van der Waals surface area contributed by atoms with Crippen LogP contribution < -0.4 is 5.32 Å². The third-order valence-electron chi connectivity index (χ3n) is 4.27. The van der Waals surface area contributed by atoms with Gasteiger partial charge in [-0.15, -0.1) is 11.8 Å². The van der Waals surface area contributed by atoms with Crippen molar-refractivity contribution in [3.05, 3.63) is 72.1 Å². The van der Waals surface area contributed by atoms with Crippen molar-refractivity contribution in [3.63, 3.8) is 0 Å². The van der Waals surface area contributed by atoms with E-state index in [0.717, 1.165) is 27.5 Å². The Morgan fingerprint density at radius 1 is 1.11 bits per heavy atom. The van der Waals surface area contributed by atoms with Crippen LogP contribution in [0, 0.1) is 6.92 Å². The lowest BCUT2D eigenvalue weighted by molar-refractivity contribution is -0.138. The van der Waals surface area contributed by atoms with Crippen molar-refractivity contribution in [1.82, 2.24) is 9.97 Å². The van der Waals surface area contributed by atoms with Crippen LogP contribution in [-0.4, -0.2) is 25.8 Å². The van der Waals surface area contributed by atoms with Crippen LogP contribution in [0.5, 0.6) is 0 Å². The number of aryl methyl sites for hydroxylation is 1. The van der Waals surface area contributed by atoms with Crippen LogP contribution in [0.2, 0.25) is 0 Å². The van der Waals surface area contributed by atoms with Crippen molar-refractivity contribution in [2.45, 2.75) is 37.0 Å². The third kappa shape index (κ3) is 5.10. The van der Waals surface area contributed by atoms with Gasteiger partial charge in [0.1, 0.15) is 16.9 Å². The van der Waals surface area contributed by atoms with Gasteiger partial charge in [-0.1, -0.05) is 35.9 Å². The molecule has 2 aromatic carbocycles. The SMILES string of the molecule is Cc1cccc(-c2cc(NCc3ccc(SC(C)(C)C(=O)O)cc3)ncn2)c1. The standard InChI is InChI=1S/C22H23N3O2S/c1-15-5-4-6-17(11-15)19-12-20(25-14-24-19)23-13-16-7-9-18(10-8-16)28-22(2,3)21(26)27/h4-12,14H,13H2,1-3H3,(H,26,27)(H,23,24,25). The number of carboxylic acid groups (broad SMARTS) is 1. The molecule has 0 atom stereocenters. The molecule has 5 nitrogen and oxygen atoms in total. The highest BCUT2D eigenvalue weighted by atomic mass is 32.2. The van der Waals surface area contributed by atoms with Gasteiger partial charge in [-0.25, -0.2) is 9.97 Å². The zero-order valence-electron chi connectivity index (χ0n) is 16.1. The fraction of sp³-hybridized carbons (Fsp3) is 0.227. The lowest BCUT2D eigenvalue weighted by atomic mass is 10.1. The number of hydrogen-bond acceptors (Lipinski definition) is 5. The average molecular weight is 394 g/mol. The number of nitrogens with one attached hydrogen (secondary N) is 1. The molecule has 6 heteroatoms. The zero-order chi connectivity index (χ0) is 20.1. The van der Waals surface area contributed by atoms with Crippen LogP contribution >= 0.6 is 11.8 Å². The number of thioether (sulfide) groups is 1.